The Kier molecular flexibility index (Phi) is 5.51. The summed E-state index contributed by atoms with van der Waals surface area (Å²) in [5, 5.41) is 10.4. The fourth-order valence-corrected chi connectivity index (χ4v) is 4.66. The Morgan fingerprint density at radius 1 is 0.828 bits per heavy atom. The summed E-state index contributed by atoms with van der Waals surface area (Å²) in [6.07, 6.45) is 1.83. The van der Waals surface area contributed by atoms with Gasteiger partial charge in [0.25, 0.3) is 0 Å². The van der Waals surface area contributed by atoms with Crippen molar-refractivity contribution in [3.8, 4) is 17.2 Å². The predicted octanol–water partition coefficient (Wildman–Crippen LogP) is 6.17. The first kappa shape index (κ1) is 19.4. The maximum absolute atomic E-state index is 10.4. The molecule has 29 heavy (non-hydrogen) atoms. The van der Waals surface area contributed by atoms with Crippen molar-refractivity contribution in [2.45, 2.75) is 44.7 Å². The number of rotatable bonds is 7. The molecule has 0 saturated heterocycles. The van der Waals surface area contributed by atoms with Gasteiger partial charge in [-0.2, -0.15) is 5.26 Å². The fourth-order valence-electron chi connectivity index (χ4n) is 4.66. The minimum atomic E-state index is -0.539. The number of hydrogen-bond donors (Lipinski definition) is 0. The summed E-state index contributed by atoms with van der Waals surface area (Å²) in [6.45, 7) is 6.44. The van der Waals surface area contributed by atoms with Gasteiger partial charge in [0, 0.05) is 12.6 Å². The smallest absolute Gasteiger partial charge is 0.108 e. The van der Waals surface area contributed by atoms with Gasteiger partial charge >= 0.3 is 0 Å². The lowest BCUT2D eigenvalue weighted by Crippen LogP contribution is -2.33. The van der Waals surface area contributed by atoms with Gasteiger partial charge in [-0.15, -0.1) is 0 Å². The highest BCUT2D eigenvalue weighted by Crippen LogP contribution is 2.50. The molecule has 1 aliphatic carbocycles. The van der Waals surface area contributed by atoms with E-state index in [1.54, 1.807) is 0 Å². The molecule has 3 aromatic rings. The first-order valence-electron chi connectivity index (χ1n) is 10.5. The van der Waals surface area contributed by atoms with Gasteiger partial charge in [-0.05, 0) is 61.1 Å². The zero-order valence-electron chi connectivity index (χ0n) is 17.3. The highest BCUT2D eigenvalue weighted by molar-refractivity contribution is 5.82. The van der Waals surface area contributed by atoms with E-state index in [0.717, 1.165) is 25.9 Å². The Labute approximate surface area is 174 Å². The zero-order valence-corrected chi connectivity index (χ0v) is 17.3. The lowest BCUT2D eigenvalue weighted by atomic mass is 9.76. The van der Waals surface area contributed by atoms with Crippen LogP contribution in [0.25, 0.3) is 11.1 Å². The van der Waals surface area contributed by atoms with Crippen LogP contribution in [0, 0.1) is 11.3 Å². The SMILES string of the molecule is CC(C)N(CCCC1(C#N)c2ccccc2-c2ccccc21)Cc1ccccc1. The van der Waals surface area contributed by atoms with E-state index in [9.17, 15) is 5.26 Å². The van der Waals surface area contributed by atoms with Crippen LogP contribution in [-0.2, 0) is 12.0 Å². The quantitative estimate of drug-likeness (QED) is 0.490. The molecule has 3 aromatic carbocycles. The molecule has 0 saturated carbocycles. The van der Waals surface area contributed by atoms with Crippen LogP contribution in [0.15, 0.2) is 78.9 Å². The molecule has 0 amide bonds. The van der Waals surface area contributed by atoms with Crippen LogP contribution in [0.3, 0.4) is 0 Å². The number of benzene rings is 3. The van der Waals surface area contributed by atoms with Gasteiger partial charge in [-0.25, -0.2) is 0 Å². The summed E-state index contributed by atoms with van der Waals surface area (Å²) in [4.78, 5) is 2.51. The monoisotopic (exact) mass is 380 g/mol. The van der Waals surface area contributed by atoms with Crippen LogP contribution >= 0.6 is 0 Å². The van der Waals surface area contributed by atoms with Crippen LogP contribution in [-0.4, -0.2) is 17.5 Å². The van der Waals surface area contributed by atoms with Crippen molar-refractivity contribution in [1.29, 1.82) is 5.26 Å². The molecule has 0 heterocycles. The van der Waals surface area contributed by atoms with Crippen molar-refractivity contribution in [3.63, 3.8) is 0 Å². The summed E-state index contributed by atoms with van der Waals surface area (Å²) >= 11 is 0. The molecule has 1 aliphatic rings. The third-order valence-electron chi connectivity index (χ3n) is 6.21. The van der Waals surface area contributed by atoms with Crippen molar-refractivity contribution >= 4 is 0 Å². The van der Waals surface area contributed by atoms with Crippen molar-refractivity contribution in [3.05, 3.63) is 95.6 Å². The molecule has 0 fully saturated rings. The predicted molar refractivity (Wildman–Crippen MR) is 119 cm³/mol. The van der Waals surface area contributed by atoms with Gasteiger partial charge in [0.05, 0.1) is 6.07 Å². The maximum Gasteiger partial charge on any atom is 0.108 e. The first-order chi connectivity index (χ1) is 14.2. The van der Waals surface area contributed by atoms with E-state index in [1.165, 1.54) is 27.8 Å². The molecule has 0 aromatic heterocycles. The third-order valence-corrected chi connectivity index (χ3v) is 6.21. The number of nitrogens with zero attached hydrogens (tertiary/aromatic N) is 2. The average molecular weight is 381 g/mol. The molecular weight excluding hydrogens is 352 g/mol. The van der Waals surface area contributed by atoms with Gasteiger partial charge < -0.3 is 0 Å². The second kappa shape index (κ2) is 8.23. The van der Waals surface area contributed by atoms with E-state index >= 15 is 0 Å². The fraction of sp³-hybridized carbons (Fsp3) is 0.296. The van der Waals surface area contributed by atoms with Crippen LogP contribution in [0.4, 0.5) is 0 Å². The van der Waals surface area contributed by atoms with E-state index in [4.69, 9.17) is 0 Å². The molecule has 0 aliphatic heterocycles. The summed E-state index contributed by atoms with van der Waals surface area (Å²) < 4.78 is 0. The second-order valence-electron chi connectivity index (χ2n) is 8.26. The summed E-state index contributed by atoms with van der Waals surface area (Å²) in [7, 11) is 0. The Balaban J connectivity index is 1.56. The lowest BCUT2D eigenvalue weighted by molar-refractivity contribution is 0.206. The molecule has 0 atom stereocenters. The van der Waals surface area contributed by atoms with Crippen molar-refractivity contribution < 1.29 is 0 Å². The van der Waals surface area contributed by atoms with Crippen molar-refractivity contribution in [2.75, 3.05) is 6.54 Å². The third kappa shape index (κ3) is 3.59. The average Bonchev–Trinajstić information content (AvgIpc) is 3.04. The lowest BCUT2D eigenvalue weighted by Gasteiger charge is -2.29. The number of nitriles is 1. The summed E-state index contributed by atoms with van der Waals surface area (Å²) in [5.74, 6) is 0. The van der Waals surface area contributed by atoms with Gasteiger partial charge in [0.2, 0.25) is 0 Å². The Morgan fingerprint density at radius 2 is 1.38 bits per heavy atom. The van der Waals surface area contributed by atoms with Gasteiger partial charge in [0.1, 0.15) is 5.41 Å². The Hall–Kier alpha value is -2.89. The molecule has 0 unspecified atom stereocenters. The zero-order chi connectivity index (χ0) is 20.3. The largest absolute Gasteiger partial charge is 0.297 e. The van der Waals surface area contributed by atoms with Crippen LogP contribution in [0.1, 0.15) is 43.4 Å². The molecule has 0 N–H and O–H groups in total. The maximum atomic E-state index is 10.4. The molecule has 0 radical (unpaired) electrons. The van der Waals surface area contributed by atoms with E-state index < -0.39 is 5.41 Å². The standard InChI is InChI=1S/C27H28N2/c1-21(2)29(19-22-11-4-3-5-12-22)18-10-17-27(20-28)25-15-8-6-13-23(25)24-14-7-9-16-26(24)27/h3-9,11-16,21H,10,17-19H2,1-2H3. The van der Waals surface area contributed by atoms with E-state index in [0.29, 0.717) is 6.04 Å². The van der Waals surface area contributed by atoms with Crippen LogP contribution < -0.4 is 0 Å². The van der Waals surface area contributed by atoms with Gasteiger partial charge in [-0.3, -0.25) is 4.90 Å². The Bertz CT molecular complexity index is 968. The van der Waals surface area contributed by atoms with E-state index in [-0.39, 0.29) is 0 Å². The minimum absolute atomic E-state index is 0.469. The molecule has 0 spiro atoms. The minimum Gasteiger partial charge on any atom is -0.297 e. The molecule has 4 rings (SSSR count). The summed E-state index contributed by atoms with van der Waals surface area (Å²) in [6, 6.07) is 30.7. The topological polar surface area (TPSA) is 27.0 Å². The molecule has 146 valence electrons. The molecule has 2 heteroatoms. The molecule has 2 nitrogen and oxygen atoms in total. The van der Waals surface area contributed by atoms with Gasteiger partial charge in [-0.1, -0.05) is 78.9 Å². The second-order valence-corrected chi connectivity index (χ2v) is 8.26. The Morgan fingerprint density at radius 3 is 1.93 bits per heavy atom. The highest BCUT2D eigenvalue weighted by atomic mass is 15.1. The number of fused-ring (bicyclic) bond motifs is 3. The van der Waals surface area contributed by atoms with E-state index in [2.05, 4.69) is 104 Å². The summed E-state index contributed by atoms with van der Waals surface area (Å²) in [5.41, 5.74) is 5.57. The van der Waals surface area contributed by atoms with Crippen LogP contribution in [0.5, 0.6) is 0 Å². The van der Waals surface area contributed by atoms with E-state index in [1.807, 2.05) is 0 Å². The van der Waals surface area contributed by atoms with Crippen molar-refractivity contribution in [2.24, 2.45) is 0 Å². The van der Waals surface area contributed by atoms with Gasteiger partial charge in [0.15, 0.2) is 0 Å². The number of hydrogen-bond acceptors (Lipinski definition) is 2. The van der Waals surface area contributed by atoms with Crippen molar-refractivity contribution in [1.82, 2.24) is 4.90 Å². The first-order valence-corrected chi connectivity index (χ1v) is 10.5. The van der Waals surface area contributed by atoms with Crippen LogP contribution in [0.2, 0.25) is 0 Å². The normalized spacial score (nSPS) is 13.9. The highest BCUT2D eigenvalue weighted by Gasteiger charge is 2.42. The molecule has 0 bridgehead atoms. The molecular formula is C27H28N2.